The highest BCUT2D eigenvalue weighted by Gasteiger charge is 2.77. The predicted octanol–water partition coefficient (Wildman–Crippen LogP) is 1.97. The number of esters is 2. The molecule has 11 nitrogen and oxygen atoms in total. The first-order valence-corrected chi connectivity index (χ1v) is 15.8. The topological polar surface area (TPSA) is 191 Å². The van der Waals surface area contributed by atoms with Crippen molar-refractivity contribution < 1.29 is 54.5 Å². The van der Waals surface area contributed by atoms with Crippen molar-refractivity contribution >= 4 is 17.7 Å². The minimum atomic E-state index is -2.81. The van der Waals surface area contributed by atoms with Gasteiger partial charge in [0.05, 0.1) is 12.2 Å². The first-order valence-electron chi connectivity index (χ1n) is 15.8. The first-order chi connectivity index (χ1) is 21.0. The van der Waals surface area contributed by atoms with Crippen molar-refractivity contribution in [1.82, 2.24) is 0 Å². The zero-order valence-corrected chi connectivity index (χ0v) is 26.9. The summed E-state index contributed by atoms with van der Waals surface area (Å²) in [6, 6.07) is 0. The van der Waals surface area contributed by atoms with Crippen molar-refractivity contribution in [3.63, 3.8) is 0 Å². The normalized spacial score (nSPS) is 39.7. The molecule has 0 bridgehead atoms. The number of carbonyl (C=O) groups is 3. The number of rotatable bonds is 12. The zero-order chi connectivity index (χ0) is 34.0. The van der Waals surface area contributed by atoms with Crippen LogP contribution in [-0.4, -0.2) is 95.7 Å². The fourth-order valence-electron chi connectivity index (χ4n) is 7.57. The van der Waals surface area contributed by atoms with Gasteiger partial charge in [0.1, 0.15) is 23.9 Å². The van der Waals surface area contributed by atoms with Crippen LogP contribution >= 0.6 is 0 Å². The molecule has 2 saturated carbocycles. The van der Waals surface area contributed by atoms with E-state index >= 15 is 0 Å². The van der Waals surface area contributed by atoms with Gasteiger partial charge in [-0.05, 0) is 44.3 Å². The van der Waals surface area contributed by atoms with E-state index in [9.17, 15) is 45.0 Å². The molecule has 3 rings (SSSR count). The SMILES string of the molecule is C=C(C)[C@]1(O)[C@H](OC(C)=O)[C@@H](C)[C@]2(O)[C@@H]3C=C(C)C(=O)[C@@]3(O)[C@H](O)[C@@](O)(CO)C[C@H]2[C@H]1OC(=O)/C=C/C=C/CCCCCCC. The molecule has 6 N–H and O–H groups in total. The van der Waals surface area contributed by atoms with E-state index in [1.165, 1.54) is 39.3 Å². The number of ketones is 1. The summed E-state index contributed by atoms with van der Waals surface area (Å²) in [5.41, 5.74) is -10.1. The van der Waals surface area contributed by atoms with Crippen LogP contribution in [0.2, 0.25) is 0 Å². The third-order valence-corrected chi connectivity index (χ3v) is 10.1. The van der Waals surface area contributed by atoms with E-state index in [1.807, 2.05) is 6.08 Å². The molecule has 0 amide bonds. The van der Waals surface area contributed by atoms with E-state index in [1.54, 1.807) is 6.08 Å². The highest BCUT2D eigenvalue weighted by atomic mass is 16.6. The van der Waals surface area contributed by atoms with E-state index in [0.29, 0.717) is 0 Å². The van der Waals surface area contributed by atoms with Crippen LogP contribution < -0.4 is 0 Å². The lowest BCUT2D eigenvalue weighted by Gasteiger charge is -2.59. The van der Waals surface area contributed by atoms with Crippen LogP contribution in [0.1, 0.15) is 79.6 Å². The molecule has 10 atom stereocenters. The third kappa shape index (κ3) is 6.35. The lowest BCUT2D eigenvalue weighted by atomic mass is 9.53. The highest BCUT2D eigenvalue weighted by Crippen LogP contribution is 2.60. The van der Waals surface area contributed by atoms with Gasteiger partial charge in [-0.1, -0.05) is 70.4 Å². The Kier molecular flexibility index (Phi) is 11.4. The Bertz CT molecular complexity index is 1240. The maximum Gasteiger partial charge on any atom is 0.331 e. The second-order valence-electron chi connectivity index (χ2n) is 13.1. The van der Waals surface area contributed by atoms with Gasteiger partial charge in [-0.25, -0.2) is 4.79 Å². The summed E-state index contributed by atoms with van der Waals surface area (Å²) in [6.07, 6.45) is 7.36. The van der Waals surface area contributed by atoms with Gasteiger partial charge in [0.2, 0.25) is 0 Å². The molecule has 3 aliphatic rings. The number of hydrogen-bond acceptors (Lipinski definition) is 11. The van der Waals surface area contributed by atoms with Gasteiger partial charge >= 0.3 is 11.9 Å². The van der Waals surface area contributed by atoms with E-state index < -0.39 is 89.2 Å². The molecule has 0 heterocycles. The van der Waals surface area contributed by atoms with Crippen LogP contribution in [0.5, 0.6) is 0 Å². The molecule has 0 spiro atoms. The van der Waals surface area contributed by atoms with Crippen LogP contribution in [0.15, 0.2) is 48.1 Å². The molecule has 45 heavy (non-hydrogen) atoms. The molecule has 252 valence electrons. The molecule has 0 unspecified atom stereocenters. The summed E-state index contributed by atoms with van der Waals surface area (Å²) in [5, 5.41) is 69.9. The molecule has 3 aliphatic carbocycles. The molecular formula is C34H50O11. The highest BCUT2D eigenvalue weighted by molar-refractivity contribution is 6.05. The number of allylic oxidation sites excluding steroid dienone is 3. The lowest BCUT2D eigenvalue weighted by molar-refractivity contribution is -0.282. The summed E-state index contributed by atoms with van der Waals surface area (Å²) in [5.74, 6) is -7.23. The van der Waals surface area contributed by atoms with E-state index in [2.05, 4.69) is 13.5 Å². The van der Waals surface area contributed by atoms with Crippen molar-refractivity contribution in [2.24, 2.45) is 17.8 Å². The summed E-state index contributed by atoms with van der Waals surface area (Å²) < 4.78 is 11.4. The maximum absolute atomic E-state index is 13.3. The van der Waals surface area contributed by atoms with E-state index in [4.69, 9.17) is 9.47 Å². The number of hydrogen-bond donors (Lipinski definition) is 6. The third-order valence-electron chi connectivity index (χ3n) is 10.1. The Morgan fingerprint density at radius 2 is 1.69 bits per heavy atom. The number of unbranched alkanes of at least 4 members (excludes halogenated alkanes) is 5. The molecule has 11 heteroatoms. The van der Waals surface area contributed by atoms with Gasteiger partial charge in [0.15, 0.2) is 17.0 Å². The first kappa shape index (κ1) is 36.8. The number of Topliss-reactive ketones (excluding diaryl/α,β-unsaturated/α-hetero) is 1. The smallest absolute Gasteiger partial charge is 0.331 e. The minimum Gasteiger partial charge on any atom is -0.459 e. The number of aliphatic hydroxyl groups excluding tert-OH is 2. The van der Waals surface area contributed by atoms with Gasteiger partial charge in [-0.2, -0.15) is 0 Å². The van der Waals surface area contributed by atoms with Crippen molar-refractivity contribution in [1.29, 1.82) is 0 Å². The standard InChI is InChI=1S/C34H50O11/c1-7-8-9-10-11-12-13-14-15-16-26(37)45-29-24-18-31(40,19-35)30(39)34(43)25(17-21(4)27(34)38)33(24,42)22(5)28(44-23(6)36)32(29,41)20(2)3/h13-17,22,24-25,28-30,35,39-43H,2,7-12,18-19H2,1,3-6H3/b14-13+,16-15+/t22-,24+,25+,28-,29-,30-,31+,32+,33-,34-/m1/s1. The Morgan fingerprint density at radius 3 is 2.27 bits per heavy atom. The molecule has 0 radical (unpaired) electrons. The number of fused-ring (bicyclic) bond motifs is 3. The number of ether oxygens (including phenoxy) is 2. The number of carbonyl (C=O) groups excluding carboxylic acids is 3. The van der Waals surface area contributed by atoms with Gasteiger partial charge in [0.25, 0.3) is 0 Å². The van der Waals surface area contributed by atoms with Crippen molar-refractivity contribution in [3.05, 3.63) is 48.1 Å². The molecule has 2 fully saturated rings. The summed E-state index contributed by atoms with van der Waals surface area (Å²) in [4.78, 5) is 38.9. The Labute approximate surface area is 264 Å². The van der Waals surface area contributed by atoms with Gasteiger partial charge < -0.3 is 40.1 Å². The van der Waals surface area contributed by atoms with Gasteiger partial charge in [-0.15, -0.1) is 0 Å². The summed E-state index contributed by atoms with van der Waals surface area (Å²) in [7, 11) is 0. The molecular weight excluding hydrogens is 584 g/mol. The quantitative estimate of drug-likeness (QED) is 0.0605. The molecule has 0 aliphatic heterocycles. The van der Waals surface area contributed by atoms with Crippen molar-refractivity contribution in [3.8, 4) is 0 Å². The number of aliphatic hydroxyl groups is 6. The average Bonchev–Trinajstić information content (AvgIpc) is 3.20. The monoisotopic (exact) mass is 634 g/mol. The molecule has 0 saturated heterocycles. The fourth-order valence-corrected chi connectivity index (χ4v) is 7.57. The second-order valence-corrected chi connectivity index (χ2v) is 13.1. The fraction of sp³-hybridized carbons (Fsp3) is 0.676. The lowest BCUT2D eigenvalue weighted by Crippen LogP contribution is -2.75. The zero-order valence-electron chi connectivity index (χ0n) is 26.9. The van der Waals surface area contributed by atoms with Crippen LogP contribution in [0.3, 0.4) is 0 Å². The van der Waals surface area contributed by atoms with Gasteiger partial charge in [-0.3, -0.25) is 9.59 Å². The predicted molar refractivity (Wildman–Crippen MR) is 164 cm³/mol. The Morgan fingerprint density at radius 1 is 1.04 bits per heavy atom. The van der Waals surface area contributed by atoms with Crippen molar-refractivity contribution in [2.75, 3.05) is 6.61 Å². The van der Waals surface area contributed by atoms with Crippen LogP contribution in [0.25, 0.3) is 0 Å². The van der Waals surface area contributed by atoms with Crippen molar-refractivity contribution in [2.45, 2.75) is 120 Å². The summed E-state index contributed by atoms with van der Waals surface area (Å²) >= 11 is 0. The van der Waals surface area contributed by atoms with Crippen LogP contribution in [0, 0.1) is 17.8 Å². The minimum absolute atomic E-state index is 0.00536. The molecule has 0 aromatic heterocycles. The second kappa shape index (κ2) is 14.0. The maximum atomic E-state index is 13.3. The average molecular weight is 635 g/mol. The van der Waals surface area contributed by atoms with Crippen LogP contribution in [-0.2, 0) is 23.9 Å². The molecule has 0 aromatic carbocycles. The van der Waals surface area contributed by atoms with E-state index in [-0.39, 0.29) is 11.1 Å². The summed E-state index contributed by atoms with van der Waals surface area (Å²) in [6.45, 7) is 10.1. The Hall–Kier alpha value is -2.67. The molecule has 0 aromatic rings. The largest absolute Gasteiger partial charge is 0.459 e. The Balaban J connectivity index is 2.12. The van der Waals surface area contributed by atoms with Crippen LogP contribution in [0.4, 0.5) is 0 Å². The van der Waals surface area contributed by atoms with Gasteiger partial charge in [0, 0.05) is 30.8 Å². The van der Waals surface area contributed by atoms with E-state index in [0.717, 1.165) is 45.1 Å².